The Labute approximate surface area is 215 Å². The number of aromatic nitrogens is 2. The molecule has 3 aromatic rings. The highest BCUT2D eigenvalue weighted by Crippen LogP contribution is 2.44. The van der Waals surface area contributed by atoms with Gasteiger partial charge in [0.1, 0.15) is 9.92 Å². The largest absolute Gasteiger partial charge is 0.338 e. The van der Waals surface area contributed by atoms with E-state index in [0.717, 1.165) is 31.6 Å². The lowest BCUT2D eigenvalue weighted by Crippen LogP contribution is -2.27. The van der Waals surface area contributed by atoms with Crippen LogP contribution in [0.1, 0.15) is 35.8 Å². The minimum atomic E-state index is -3.68. The number of rotatable bonds is 7. The van der Waals surface area contributed by atoms with E-state index in [1.165, 1.54) is 30.4 Å². The van der Waals surface area contributed by atoms with Crippen molar-refractivity contribution in [2.24, 2.45) is 0 Å². The monoisotopic (exact) mass is 523 g/mol. The summed E-state index contributed by atoms with van der Waals surface area (Å²) in [6.07, 6.45) is 3.73. The van der Waals surface area contributed by atoms with E-state index >= 15 is 0 Å². The first-order valence-electron chi connectivity index (χ1n) is 11.7. The van der Waals surface area contributed by atoms with Gasteiger partial charge in [0.2, 0.25) is 16.0 Å². The Hall–Kier alpha value is -3.23. The molecule has 0 saturated carbocycles. The van der Waals surface area contributed by atoms with Crippen LogP contribution in [0.15, 0.2) is 53.6 Å². The van der Waals surface area contributed by atoms with Crippen molar-refractivity contribution < 1.29 is 8.42 Å². The average Bonchev–Trinajstić information content (AvgIpc) is 3.17. The normalized spacial score (nSPS) is 19.2. The molecule has 2 atom stereocenters. The molecule has 2 aliphatic heterocycles. The van der Waals surface area contributed by atoms with Gasteiger partial charge in [-0.3, -0.25) is 4.90 Å². The molecule has 2 unspecified atom stereocenters. The lowest BCUT2D eigenvalue weighted by molar-refractivity contribution is 0.303. The second-order valence-electron chi connectivity index (χ2n) is 9.01. The number of nitrogens with one attached hydrogen (secondary N) is 3. The summed E-state index contributed by atoms with van der Waals surface area (Å²) in [5, 5.41) is 15.7. The molecular weight excluding hydrogens is 498 g/mol. The first-order valence-corrected chi connectivity index (χ1v) is 13.6. The standard InChI is InChI=1S/C25H26ClN7O2S/c1-28-36(34,35)23-5-3-2-4-22(23)31-24-21(26)13-29-25(32-24)30-18-8-9-19-16-6-7-17(20(19)12-18)15-33(14-16)11-10-27/h2-5,8-9,12-13,16-17,28H,6-7,11,14-15H2,1H3,(H2,29,30,31,32). The SMILES string of the molecule is CNS(=O)(=O)c1ccccc1Nc1nc(Nc2ccc3c(c2)C2CCC3CN(CC#N)C2)ncc1Cl. The minimum absolute atomic E-state index is 0.0861. The summed E-state index contributed by atoms with van der Waals surface area (Å²) in [5.41, 5.74) is 3.88. The van der Waals surface area contributed by atoms with Crippen LogP contribution < -0.4 is 15.4 Å². The smallest absolute Gasteiger partial charge is 0.242 e. The minimum Gasteiger partial charge on any atom is -0.338 e. The number of halogens is 1. The maximum Gasteiger partial charge on any atom is 0.242 e. The van der Waals surface area contributed by atoms with Crippen LogP contribution in [0.25, 0.3) is 0 Å². The fourth-order valence-electron chi connectivity index (χ4n) is 5.08. The van der Waals surface area contributed by atoms with Gasteiger partial charge in [0.05, 0.1) is 24.5 Å². The van der Waals surface area contributed by atoms with Crippen molar-refractivity contribution in [3.05, 3.63) is 64.8 Å². The number of nitriles is 1. The second-order valence-corrected chi connectivity index (χ2v) is 11.3. The predicted molar refractivity (Wildman–Crippen MR) is 140 cm³/mol. The molecule has 1 fully saturated rings. The molecule has 1 aliphatic carbocycles. The third-order valence-electron chi connectivity index (χ3n) is 6.78. The van der Waals surface area contributed by atoms with Gasteiger partial charge >= 0.3 is 0 Å². The molecule has 2 bridgehead atoms. The van der Waals surface area contributed by atoms with Gasteiger partial charge in [-0.1, -0.05) is 29.8 Å². The lowest BCUT2D eigenvalue weighted by Gasteiger charge is -2.27. The summed E-state index contributed by atoms with van der Waals surface area (Å²) in [4.78, 5) is 11.1. The third kappa shape index (κ3) is 4.88. The number of sulfonamides is 1. The van der Waals surface area contributed by atoms with E-state index in [-0.39, 0.29) is 15.7 Å². The van der Waals surface area contributed by atoms with Crippen LogP contribution in [0.3, 0.4) is 0 Å². The van der Waals surface area contributed by atoms with Gasteiger partial charge in [-0.2, -0.15) is 10.2 Å². The molecule has 0 radical (unpaired) electrons. The summed E-state index contributed by atoms with van der Waals surface area (Å²) in [7, 11) is -2.32. The van der Waals surface area contributed by atoms with E-state index in [2.05, 4.69) is 48.4 Å². The van der Waals surface area contributed by atoms with Crippen LogP contribution >= 0.6 is 11.6 Å². The summed E-state index contributed by atoms with van der Waals surface area (Å²) < 4.78 is 27.1. The molecule has 3 heterocycles. The molecule has 11 heteroatoms. The Morgan fingerprint density at radius 2 is 1.86 bits per heavy atom. The van der Waals surface area contributed by atoms with E-state index in [1.807, 2.05) is 6.07 Å². The molecule has 1 saturated heterocycles. The van der Waals surface area contributed by atoms with Crippen LogP contribution in [-0.4, -0.2) is 50.0 Å². The van der Waals surface area contributed by atoms with Crippen molar-refractivity contribution >= 4 is 44.8 Å². The Morgan fingerprint density at radius 1 is 1.11 bits per heavy atom. The molecule has 3 N–H and O–H groups in total. The van der Waals surface area contributed by atoms with Crippen LogP contribution in [0.2, 0.25) is 5.02 Å². The number of benzene rings is 2. The fourth-order valence-corrected chi connectivity index (χ4v) is 6.11. The zero-order chi connectivity index (χ0) is 25.3. The molecular formula is C25H26ClN7O2S. The van der Waals surface area contributed by atoms with Gasteiger partial charge in [0.25, 0.3) is 0 Å². The number of para-hydroxylation sites is 1. The van der Waals surface area contributed by atoms with Gasteiger partial charge in [0.15, 0.2) is 5.82 Å². The van der Waals surface area contributed by atoms with Crippen molar-refractivity contribution in [3.63, 3.8) is 0 Å². The number of hydrogen-bond acceptors (Lipinski definition) is 8. The summed E-state index contributed by atoms with van der Waals surface area (Å²) in [6.45, 7) is 2.27. The quantitative estimate of drug-likeness (QED) is 0.391. The third-order valence-corrected chi connectivity index (χ3v) is 8.53. The second kappa shape index (κ2) is 10.0. The van der Waals surface area contributed by atoms with Crippen molar-refractivity contribution in [1.29, 1.82) is 5.26 Å². The van der Waals surface area contributed by atoms with Gasteiger partial charge < -0.3 is 10.6 Å². The molecule has 36 heavy (non-hydrogen) atoms. The van der Waals surface area contributed by atoms with Crippen molar-refractivity contribution in [1.82, 2.24) is 19.6 Å². The van der Waals surface area contributed by atoms with E-state index in [0.29, 0.717) is 30.0 Å². The molecule has 2 aromatic carbocycles. The summed E-state index contributed by atoms with van der Waals surface area (Å²) in [6, 6.07) is 15.2. The van der Waals surface area contributed by atoms with Gasteiger partial charge in [-0.05, 0) is 67.1 Å². The van der Waals surface area contributed by atoms with Crippen molar-refractivity contribution in [2.45, 2.75) is 29.6 Å². The van der Waals surface area contributed by atoms with Crippen molar-refractivity contribution in [3.8, 4) is 6.07 Å². The lowest BCUT2D eigenvalue weighted by atomic mass is 9.78. The van der Waals surface area contributed by atoms with Crippen molar-refractivity contribution in [2.75, 3.05) is 37.3 Å². The van der Waals surface area contributed by atoms with E-state index < -0.39 is 10.0 Å². The van der Waals surface area contributed by atoms with E-state index in [4.69, 9.17) is 16.9 Å². The molecule has 186 valence electrons. The summed E-state index contributed by atoms with van der Waals surface area (Å²) >= 11 is 6.34. The molecule has 3 aliphatic rings. The van der Waals surface area contributed by atoms with Crippen LogP contribution in [0.5, 0.6) is 0 Å². The maximum atomic E-state index is 12.4. The molecule has 0 spiro atoms. The number of anilines is 4. The number of hydrogen-bond donors (Lipinski definition) is 3. The zero-order valence-electron chi connectivity index (χ0n) is 19.7. The van der Waals surface area contributed by atoms with Crippen LogP contribution in [0, 0.1) is 11.3 Å². The molecule has 0 amide bonds. The van der Waals surface area contributed by atoms with Gasteiger partial charge in [0, 0.05) is 18.8 Å². The topological polar surface area (TPSA) is 123 Å². The highest BCUT2D eigenvalue weighted by Gasteiger charge is 2.34. The van der Waals surface area contributed by atoms with E-state index in [1.54, 1.807) is 18.2 Å². The fraction of sp³-hybridized carbons (Fsp3) is 0.320. The highest BCUT2D eigenvalue weighted by atomic mass is 35.5. The summed E-state index contributed by atoms with van der Waals surface area (Å²) in [5.74, 6) is 1.45. The first kappa shape index (κ1) is 24.5. The number of fused-ring (bicyclic) bond motifs is 3. The number of nitrogens with zero attached hydrogens (tertiary/aromatic N) is 4. The molecule has 6 rings (SSSR count). The van der Waals surface area contributed by atoms with Crippen LogP contribution in [-0.2, 0) is 10.0 Å². The average molecular weight is 524 g/mol. The van der Waals surface area contributed by atoms with Crippen LogP contribution in [0.4, 0.5) is 23.1 Å². The maximum absolute atomic E-state index is 12.4. The van der Waals surface area contributed by atoms with Gasteiger partial charge in [-0.15, -0.1) is 0 Å². The Morgan fingerprint density at radius 3 is 2.61 bits per heavy atom. The predicted octanol–water partition coefficient (Wildman–Crippen LogP) is 4.33. The van der Waals surface area contributed by atoms with E-state index in [9.17, 15) is 8.42 Å². The Bertz CT molecular complexity index is 1440. The molecule has 9 nitrogen and oxygen atoms in total. The van der Waals surface area contributed by atoms with Gasteiger partial charge in [-0.25, -0.2) is 18.1 Å². The first-order chi connectivity index (χ1) is 17.4. The Balaban J connectivity index is 1.40. The molecule has 1 aromatic heterocycles. The highest BCUT2D eigenvalue weighted by molar-refractivity contribution is 7.89. The Kier molecular flexibility index (Phi) is 6.81. The zero-order valence-corrected chi connectivity index (χ0v) is 21.3.